The summed E-state index contributed by atoms with van der Waals surface area (Å²) in [4.78, 5) is 7.50. The highest BCUT2D eigenvalue weighted by atomic mass is 14.7. The number of aromatic nitrogens is 2. The summed E-state index contributed by atoms with van der Waals surface area (Å²) >= 11 is 0. The van der Waals surface area contributed by atoms with Gasteiger partial charge in [0.1, 0.15) is 0 Å². The first-order valence-corrected chi connectivity index (χ1v) is 6.39. The van der Waals surface area contributed by atoms with E-state index in [2.05, 4.69) is 41.2 Å². The van der Waals surface area contributed by atoms with Crippen molar-refractivity contribution >= 4 is 10.9 Å². The van der Waals surface area contributed by atoms with E-state index in [9.17, 15) is 0 Å². The van der Waals surface area contributed by atoms with Crippen molar-refractivity contribution in [3.63, 3.8) is 0 Å². The van der Waals surface area contributed by atoms with Gasteiger partial charge in [-0.3, -0.25) is 4.98 Å². The van der Waals surface area contributed by atoms with E-state index in [1.165, 1.54) is 28.5 Å². The molecule has 2 nitrogen and oxygen atoms in total. The van der Waals surface area contributed by atoms with Gasteiger partial charge < -0.3 is 4.98 Å². The highest BCUT2D eigenvalue weighted by Gasteiger charge is 2.03. The van der Waals surface area contributed by atoms with Gasteiger partial charge in [0.05, 0.1) is 0 Å². The number of hydrogen-bond donors (Lipinski definition) is 1. The van der Waals surface area contributed by atoms with Crippen LogP contribution in [0, 0.1) is 0 Å². The molecule has 0 atom stereocenters. The maximum absolute atomic E-state index is 4.05. The molecule has 3 aromatic rings. The first kappa shape index (κ1) is 11.0. The van der Waals surface area contributed by atoms with Gasteiger partial charge >= 0.3 is 0 Å². The quantitative estimate of drug-likeness (QED) is 0.726. The van der Waals surface area contributed by atoms with Crippen LogP contribution in [0.4, 0.5) is 0 Å². The van der Waals surface area contributed by atoms with Gasteiger partial charge in [-0.25, -0.2) is 0 Å². The lowest BCUT2D eigenvalue weighted by Gasteiger charge is -1.97. The fraction of sp³-hybridized carbons (Fsp3) is 0.188. The molecule has 2 heteroatoms. The fourth-order valence-electron chi connectivity index (χ4n) is 2.31. The first-order chi connectivity index (χ1) is 8.86. The molecule has 1 aromatic carbocycles. The summed E-state index contributed by atoms with van der Waals surface area (Å²) in [5.41, 5.74) is 4.94. The van der Waals surface area contributed by atoms with Crippen molar-refractivity contribution in [2.45, 2.75) is 19.8 Å². The molecule has 1 N–H and O–H groups in total. The van der Waals surface area contributed by atoms with Crippen LogP contribution in [0.25, 0.3) is 22.2 Å². The molecule has 0 unspecified atom stereocenters. The lowest BCUT2D eigenvalue weighted by molar-refractivity contribution is 0.924. The zero-order chi connectivity index (χ0) is 12.4. The highest BCUT2D eigenvalue weighted by Crippen LogP contribution is 2.24. The van der Waals surface area contributed by atoms with Crippen LogP contribution < -0.4 is 0 Å². The maximum Gasteiger partial charge on any atom is 0.0465 e. The van der Waals surface area contributed by atoms with Gasteiger partial charge in [-0.15, -0.1) is 0 Å². The predicted octanol–water partition coefficient (Wildman–Crippen LogP) is 4.18. The van der Waals surface area contributed by atoms with E-state index in [1.807, 2.05) is 24.5 Å². The number of hydrogen-bond acceptors (Lipinski definition) is 1. The normalized spacial score (nSPS) is 10.9. The molecule has 0 spiro atoms. The van der Waals surface area contributed by atoms with Gasteiger partial charge in [0, 0.05) is 34.6 Å². The molecule has 0 bridgehead atoms. The van der Waals surface area contributed by atoms with Crippen LogP contribution in [-0.2, 0) is 6.42 Å². The van der Waals surface area contributed by atoms with Crippen LogP contribution in [0.3, 0.4) is 0 Å². The van der Waals surface area contributed by atoms with E-state index in [0.717, 1.165) is 12.1 Å². The molecule has 0 saturated heterocycles. The van der Waals surface area contributed by atoms with E-state index in [0.29, 0.717) is 0 Å². The van der Waals surface area contributed by atoms with Crippen molar-refractivity contribution in [1.29, 1.82) is 0 Å². The van der Waals surface area contributed by atoms with E-state index in [-0.39, 0.29) is 0 Å². The molecule has 0 aliphatic rings. The number of nitrogens with one attached hydrogen (secondary N) is 1. The summed E-state index contributed by atoms with van der Waals surface area (Å²) in [6, 6.07) is 12.9. The fourth-order valence-corrected chi connectivity index (χ4v) is 2.31. The van der Waals surface area contributed by atoms with E-state index in [4.69, 9.17) is 0 Å². The molecule has 0 saturated carbocycles. The Morgan fingerprint density at radius 1 is 1.06 bits per heavy atom. The summed E-state index contributed by atoms with van der Waals surface area (Å²) < 4.78 is 0. The lowest BCUT2D eigenvalue weighted by atomic mass is 10.1. The van der Waals surface area contributed by atoms with Crippen molar-refractivity contribution in [3.05, 3.63) is 54.4 Å². The van der Waals surface area contributed by atoms with E-state index < -0.39 is 0 Å². The largest absolute Gasteiger partial charge is 0.355 e. The van der Waals surface area contributed by atoms with Gasteiger partial charge in [0.15, 0.2) is 0 Å². The van der Waals surface area contributed by atoms with Gasteiger partial charge in [-0.1, -0.05) is 19.4 Å². The number of fused-ring (bicyclic) bond motifs is 1. The van der Waals surface area contributed by atoms with Crippen LogP contribution in [0.2, 0.25) is 0 Å². The summed E-state index contributed by atoms with van der Waals surface area (Å²) in [7, 11) is 0. The first-order valence-electron chi connectivity index (χ1n) is 6.39. The van der Waals surface area contributed by atoms with E-state index in [1.54, 1.807) is 0 Å². The summed E-state index contributed by atoms with van der Waals surface area (Å²) in [5.74, 6) is 0. The van der Waals surface area contributed by atoms with Crippen molar-refractivity contribution < 1.29 is 0 Å². The van der Waals surface area contributed by atoms with Crippen molar-refractivity contribution in [3.8, 4) is 11.3 Å². The van der Waals surface area contributed by atoms with E-state index >= 15 is 0 Å². The van der Waals surface area contributed by atoms with Gasteiger partial charge in [-0.05, 0) is 42.3 Å². The molecule has 0 aliphatic carbocycles. The third-order valence-electron chi connectivity index (χ3n) is 3.22. The zero-order valence-electron chi connectivity index (χ0n) is 10.5. The van der Waals surface area contributed by atoms with Crippen LogP contribution >= 0.6 is 0 Å². The molecule has 0 amide bonds. The Bertz CT molecular complexity index is 653. The minimum atomic E-state index is 1.14. The number of benzene rings is 1. The second-order valence-electron chi connectivity index (χ2n) is 4.59. The molecule has 90 valence electrons. The molecule has 18 heavy (non-hydrogen) atoms. The van der Waals surface area contributed by atoms with Crippen molar-refractivity contribution in [2.24, 2.45) is 0 Å². The van der Waals surface area contributed by atoms with Crippen LogP contribution in [0.15, 0.2) is 48.8 Å². The van der Waals surface area contributed by atoms with Crippen LogP contribution in [0.5, 0.6) is 0 Å². The Balaban J connectivity index is 2.06. The third-order valence-corrected chi connectivity index (χ3v) is 3.22. The smallest absolute Gasteiger partial charge is 0.0465 e. The topological polar surface area (TPSA) is 28.7 Å². The molecule has 3 rings (SSSR count). The second kappa shape index (κ2) is 4.65. The minimum Gasteiger partial charge on any atom is -0.355 e. The Hall–Kier alpha value is -2.09. The average Bonchev–Trinajstić information content (AvgIpc) is 2.83. The average molecular weight is 236 g/mol. The molecular formula is C16H16N2. The third kappa shape index (κ3) is 2.02. The van der Waals surface area contributed by atoms with Crippen molar-refractivity contribution in [1.82, 2.24) is 9.97 Å². The maximum atomic E-state index is 4.05. The van der Waals surface area contributed by atoms with Gasteiger partial charge in [0.25, 0.3) is 0 Å². The molecule has 0 radical (unpaired) electrons. The standard InChI is InChI=1S/C16H16N2/c1-2-3-12-4-5-15-14(10-12)11-16(18-15)13-6-8-17-9-7-13/h4-11,18H,2-3H2,1H3. The Morgan fingerprint density at radius 3 is 2.67 bits per heavy atom. The Morgan fingerprint density at radius 2 is 1.89 bits per heavy atom. The SMILES string of the molecule is CCCc1ccc2[nH]c(-c3ccncc3)cc2c1. The van der Waals surface area contributed by atoms with Crippen molar-refractivity contribution in [2.75, 3.05) is 0 Å². The van der Waals surface area contributed by atoms with Crippen LogP contribution in [0.1, 0.15) is 18.9 Å². The summed E-state index contributed by atoms with van der Waals surface area (Å²) in [6.07, 6.45) is 5.98. The number of aromatic amines is 1. The molecule has 0 fully saturated rings. The number of aryl methyl sites for hydroxylation is 1. The lowest BCUT2D eigenvalue weighted by Crippen LogP contribution is -1.81. The van der Waals surface area contributed by atoms with Gasteiger partial charge in [-0.2, -0.15) is 0 Å². The summed E-state index contributed by atoms with van der Waals surface area (Å²) in [6.45, 7) is 2.21. The number of rotatable bonds is 3. The summed E-state index contributed by atoms with van der Waals surface area (Å²) in [5, 5.41) is 1.28. The number of nitrogens with zero attached hydrogens (tertiary/aromatic N) is 1. The van der Waals surface area contributed by atoms with Crippen LogP contribution in [-0.4, -0.2) is 9.97 Å². The second-order valence-corrected chi connectivity index (χ2v) is 4.59. The predicted molar refractivity (Wildman–Crippen MR) is 75.5 cm³/mol. The number of H-pyrrole nitrogens is 1. The Kier molecular flexibility index (Phi) is 2.85. The Labute approximate surface area is 107 Å². The zero-order valence-corrected chi connectivity index (χ0v) is 10.5. The highest BCUT2D eigenvalue weighted by molar-refractivity contribution is 5.86. The minimum absolute atomic E-state index is 1.14. The van der Waals surface area contributed by atoms with Gasteiger partial charge in [0.2, 0.25) is 0 Å². The number of pyridine rings is 1. The molecule has 0 aliphatic heterocycles. The molecular weight excluding hydrogens is 220 g/mol. The monoisotopic (exact) mass is 236 g/mol. The molecule has 2 aromatic heterocycles. The molecule has 2 heterocycles.